The van der Waals surface area contributed by atoms with Gasteiger partial charge in [-0.3, -0.25) is 0 Å². The lowest BCUT2D eigenvalue weighted by atomic mass is 9.38. The number of halogens is 10. The van der Waals surface area contributed by atoms with Crippen LogP contribution in [0.25, 0.3) is 0 Å². The summed E-state index contributed by atoms with van der Waals surface area (Å²) in [6.45, 7) is 4.68. The molecule has 0 fully saturated rings. The van der Waals surface area contributed by atoms with Gasteiger partial charge < -0.3 is 4.12 Å². The van der Waals surface area contributed by atoms with E-state index in [4.69, 9.17) is 4.12 Å². The summed E-state index contributed by atoms with van der Waals surface area (Å²) in [6.07, 6.45) is -0.686. The van der Waals surface area contributed by atoms with Gasteiger partial charge in [-0.1, -0.05) is 6.32 Å². The topological polar surface area (TPSA) is 9.23 Å². The van der Waals surface area contributed by atoms with Crippen molar-refractivity contribution in [1.29, 1.82) is 0 Å². The fraction of sp³-hybridized carbons (Fsp3) is 0.333. The molecule has 1 unspecified atom stereocenters. The molecule has 2 rings (SSSR count). The summed E-state index contributed by atoms with van der Waals surface area (Å²) >= 11 is 0. The van der Waals surface area contributed by atoms with Crippen LogP contribution in [0.2, 0.25) is 38.6 Å². The van der Waals surface area contributed by atoms with Gasteiger partial charge in [0.05, 0.1) is 0 Å². The zero-order valence-electron chi connectivity index (χ0n) is 17.3. The lowest BCUT2D eigenvalue weighted by Gasteiger charge is -2.25. The van der Waals surface area contributed by atoms with Crippen molar-refractivity contribution in [2.45, 2.75) is 38.6 Å². The maximum atomic E-state index is 14.4. The van der Waals surface area contributed by atoms with E-state index in [2.05, 4.69) is 0 Å². The first kappa shape index (κ1) is 26.5. The molecule has 1 atom stereocenters. The molecule has 0 N–H and O–H groups in total. The third kappa shape index (κ3) is 5.06. The van der Waals surface area contributed by atoms with Gasteiger partial charge in [0.25, 0.3) is 0 Å². The molecule has 0 saturated heterocycles. The van der Waals surface area contributed by atoms with Crippen molar-refractivity contribution in [2.75, 3.05) is 0 Å². The quantitative estimate of drug-likeness (QED) is 0.225. The van der Waals surface area contributed by atoms with Crippen molar-refractivity contribution >= 4 is 35.0 Å². The summed E-state index contributed by atoms with van der Waals surface area (Å²) in [5, 5.41) is 0. The Balaban J connectivity index is 2.75. The van der Waals surface area contributed by atoms with Gasteiger partial charge in [-0.25, -0.2) is 43.9 Å². The molecule has 0 aliphatic carbocycles. The van der Waals surface area contributed by atoms with Gasteiger partial charge in [0.15, 0.2) is 75.5 Å². The van der Waals surface area contributed by atoms with Crippen molar-refractivity contribution in [3.8, 4) is 0 Å². The SMILES string of the molecule is C[SiH](CCB(c1c(F)c(F)c(F)c(F)c1F)c1c(F)c(F)c(F)c(F)c1F)O[Si](C)(C)C. The zero-order chi connectivity index (χ0) is 24.7. The predicted molar refractivity (Wildman–Crippen MR) is 105 cm³/mol. The first-order chi connectivity index (χ1) is 14.6. The monoisotopic (exact) mass is 506 g/mol. The van der Waals surface area contributed by atoms with E-state index in [9.17, 15) is 43.9 Å². The first-order valence-electron chi connectivity index (χ1n) is 9.30. The van der Waals surface area contributed by atoms with Gasteiger partial charge in [-0.2, -0.15) is 0 Å². The number of rotatable bonds is 7. The molecule has 0 aliphatic rings. The van der Waals surface area contributed by atoms with E-state index in [-0.39, 0.29) is 6.04 Å². The van der Waals surface area contributed by atoms with Gasteiger partial charge >= 0.3 is 0 Å². The lowest BCUT2D eigenvalue weighted by Crippen LogP contribution is -2.51. The van der Waals surface area contributed by atoms with Gasteiger partial charge in [0.2, 0.25) is 6.71 Å². The Morgan fingerprint density at radius 3 is 1.16 bits per heavy atom. The summed E-state index contributed by atoms with van der Waals surface area (Å²) in [5.74, 6) is -24.4. The number of benzene rings is 2. The third-order valence-electron chi connectivity index (χ3n) is 4.60. The highest BCUT2D eigenvalue weighted by Gasteiger charge is 2.39. The fourth-order valence-electron chi connectivity index (χ4n) is 3.35. The normalized spacial score (nSPS) is 12.9. The molecule has 0 bridgehead atoms. The van der Waals surface area contributed by atoms with Crippen LogP contribution in [0.1, 0.15) is 0 Å². The molecule has 0 amide bonds. The minimum Gasteiger partial charge on any atom is -0.458 e. The molecule has 0 spiro atoms. The molecule has 0 aliphatic heterocycles. The summed E-state index contributed by atoms with van der Waals surface area (Å²) in [6, 6.07) is -0.117. The summed E-state index contributed by atoms with van der Waals surface area (Å²) in [7, 11) is -4.33. The Hall–Kier alpha value is -1.80. The maximum Gasteiger partial charge on any atom is 0.225 e. The Labute approximate surface area is 180 Å². The standard InChI is InChI=1S/C18H17BF10OSi2/c1-31(30-32(2,3)4)6-5-19(7-9(20)13(24)17(28)14(25)10(7)21)8-11(22)15(26)18(29)16(27)12(8)23/h31H,5-6H2,1-4H3. The van der Waals surface area contributed by atoms with E-state index < -0.39 is 99.5 Å². The van der Waals surface area contributed by atoms with Crippen LogP contribution in [0.15, 0.2) is 0 Å². The van der Waals surface area contributed by atoms with E-state index >= 15 is 0 Å². The molecule has 176 valence electrons. The van der Waals surface area contributed by atoms with Crippen LogP contribution < -0.4 is 10.9 Å². The molecule has 0 radical (unpaired) electrons. The van der Waals surface area contributed by atoms with Crippen LogP contribution in [0.5, 0.6) is 0 Å². The molecule has 14 heteroatoms. The van der Waals surface area contributed by atoms with Gasteiger partial charge in [0, 0.05) is 10.9 Å². The maximum absolute atomic E-state index is 14.4. The van der Waals surface area contributed by atoms with E-state index in [1.807, 2.05) is 19.6 Å². The van der Waals surface area contributed by atoms with E-state index in [0.717, 1.165) is 0 Å². The van der Waals surface area contributed by atoms with Crippen molar-refractivity contribution in [3.05, 3.63) is 58.2 Å². The van der Waals surface area contributed by atoms with Gasteiger partial charge in [0.1, 0.15) is 0 Å². The number of hydrogen-bond donors (Lipinski definition) is 0. The van der Waals surface area contributed by atoms with E-state index in [1.54, 1.807) is 6.55 Å². The molecule has 2 aromatic carbocycles. The molecule has 0 aromatic heterocycles. The second-order valence-electron chi connectivity index (χ2n) is 8.14. The van der Waals surface area contributed by atoms with Crippen LogP contribution in [-0.4, -0.2) is 24.1 Å². The summed E-state index contributed by atoms with van der Waals surface area (Å²) < 4.78 is 145. The van der Waals surface area contributed by atoms with E-state index in [0.29, 0.717) is 0 Å². The molecule has 2 aromatic rings. The minimum absolute atomic E-state index is 0.117. The second-order valence-corrected chi connectivity index (χ2v) is 15.5. The Bertz CT molecular complexity index is 916. The van der Waals surface area contributed by atoms with Crippen molar-refractivity contribution in [1.82, 2.24) is 0 Å². The fourth-order valence-corrected chi connectivity index (χ4v) is 9.46. The van der Waals surface area contributed by atoms with Crippen LogP contribution >= 0.6 is 0 Å². The lowest BCUT2D eigenvalue weighted by molar-refractivity contribution is 0.382. The Kier molecular flexibility index (Phi) is 7.93. The van der Waals surface area contributed by atoms with Crippen molar-refractivity contribution in [2.24, 2.45) is 0 Å². The van der Waals surface area contributed by atoms with Crippen molar-refractivity contribution < 1.29 is 48.0 Å². The highest BCUT2D eigenvalue weighted by Crippen LogP contribution is 2.23. The zero-order valence-corrected chi connectivity index (χ0v) is 19.4. The first-order valence-corrected chi connectivity index (χ1v) is 15.2. The second kappa shape index (κ2) is 9.59. The molecule has 32 heavy (non-hydrogen) atoms. The molecule has 1 nitrogen and oxygen atoms in total. The predicted octanol–water partition coefficient (Wildman–Crippen LogP) is 4.89. The Morgan fingerprint density at radius 1 is 0.594 bits per heavy atom. The van der Waals surface area contributed by atoms with Crippen LogP contribution in [0.3, 0.4) is 0 Å². The summed E-state index contributed by atoms with van der Waals surface area (Å²) in [5.41, 5.74) is -3.36. The Morgan fingerprint density at radius 2 is 0.875 bits per heavy atom. The average Bonchev–Trinajstić information content (AvgIpc) is 2.70. The number of hydrogen-bond acceptors (Lipinski definition) is 1. The molecular weight excluding hydrogens is 489 g/mol. The van der Waals surface area contributed by atoms with Crippen LogP contribution in [0.4, 0.5) is 43.9 Å². The molecule has 0 saturated carbocycles. The van der Waals surface area contributed by atoms with Crippen LogP contribution in [0, 0.1) is 58.2 Å². The highest BCUT2D eigenvalue weighted by atomic mass is 28.4. The average molecular weight is 506 g/mol. The smallest absolute Gasteiger partial charge is 0.225 e. The summed E-state index contributed by atoms with van der Waals surface area (Å²) in [4.78, 5) is 0. The minimum atomic E-state index is -2.52. The van der Waals surface area contributed by atoms with Gasteiger partial charge in [-0.05, 0) is 32.2 Å². The largest absolute Gasteiger partial charge is 0.458 e. The molecular formula is C18H17BF10OSi2. The van der Waals surface area contributed by atoms with Crippen molar-refractivity contribution in [3.63, 3.8) is 0 Å². The highest BCUT2D eigenvalue weighted by molar-refractivity contribution is 6.86. The third-order valence-corrected chi connectivity index (χ3v) is 10.2. The van der Waals surface area contributed by atoms with E-state index in [1.165, 1.54) is 0 Å². The van der Waals surface area contributed by atoms with Crippen LogP contribution in [-0.2, 0) is 4.12 Å². The van der Waals surface area contributed by atoms with Gasteiger partial charge in [-0.15, -0.1) is 0 Å². The molecule has 0 heterocycles.